The average molecular weight is 358 g/mol. The van der Waals surface area contributed by atoms with Gasteiger partial charge in [0.1, 0.15) is 5.82 Å². The van der Waals surface area contributed by atoms with Crippen LogP contribution in [0.4, 0.5) is 15.8 Å². The number of hydrogen-bond donors (Lipinski definition) is 2. The lowest BCUT2D eigenvalue weighted by Gasteiger charge is -2.08. The van der Waals surface area contributed by atoms with Gasteiger partial charge in [-0.05, 0) is 58.4 Å². The molecule has 1 amide bonds. The van der Waals surface area contributed by atoms with Crippen molar-refractivity contribution in [3.63, 3.8) is 0 Å². The molecular formula is C14H11BrClFN2O. The van der Waals surface area contributed by atoms with E-state index in [1.807, 2.05) is 0 Å². The quantitative estimate of drug-likeness (QED) is 0.857. The van der Waals surface area contributed by atoms with Crippen LogP contribution in [0, 0.1) is 5.82 Å². The molecule has 0 fully saturated rings. The van der Waals surface area contributed by atoms with Gasteiger partial charge in [-0.15, -0.1) is 0 Å². The third-order valence-corrected chi connectivity index (χ3v) is 3.71. The van der Waals surface area contributed by atoms with Gasteiger partial charge in [0, 0.05) is 15.8 Å². The molecule has 0 aliphatic rings. The van der Waals surface area contributed by atoms with E-state index in [-0.39, 0.29) is 18.3 Å². The molecule has 2 aromatic carbocycles. The Balaban J connectivity index is 1.88. The van der Waals surface area contributed by atoms with Gasteiger partial charge in [0.2, 0.25) is 5.91 Å². The first-order chi connectivity index (χ1) is 9.54. The maximum absolute atomic E-state index is 12.7. The Morgan fingerprint density at radius 1 is 1.15 bits per heavy atom. The number of rotatable bonds is 4. The van der Waals surface area contributed by atoms with E-state index < -0.39 is 0 Å². The van der Waals surface area contributed by atoms with Crippen molar-refractivity contribution in [2.24, 2.45) is 0 Å². The molecule has 0 spiro atoms. The summed E-state index contributed by atoms with van der Waals surface area (Å²) in [5.41, 5.74) is 1.33. The van der Waals surface area contributed by atoms with Gasteiger partial charge >= 0.3 is 0 Å². The molecule has 2 aromatic rings. The molecular weight excluding hydrogens is 347 g/mol. The van der Waals surface area contributed by atoms with E-state index in [2.05, 4.69) is 26.6 Å². The SMILES string of the molecule is O=C(CNc1ccc(Cl)c(Br)c1)Nc1ccc(F)cc1. The zero-order valence-corrected chi connectivity index (χ0v) is 12.6. The highest BCUT2D eigenvalue weighted by molar-refractivity contribution is 9.10. The highest BCUT2D eigenvalue weighted by atomic mass is 79.9. The molecule has 0 bridgehead atoms. The van der Waals surface area contributed by atoms with Crippen LogP contribution in [-0.2, 0) is 4.79 Å². The summed E-state index contributed by atoms with van der Waals surface area (Å²) in [5, 5.41) is 6.23. The van der Waals surface area contributed by atoms with E-state index in [4.69, 9.17) is 11.6 Å². The van der Waals surface area contributed by atoms with Gasteiger partial charge in [-0.3, -0.25) is 4.79 Å². The Morgan fingerprint density at radius 3 is 2.45 bits per heavy atom. The van der Waals surface area contributed by atoms with Crippen LogP contribution >= 0.6 is 27.5 Å². The Morgan fingerprint density at radius 2 is 1.80 bits per heavy atom. The maximum Gasteiger partial charge on any atom is 0.243 e. The number of carbonyl (C=O) groups is 1. The molecule has 0 saturated heterocycles. The van der Waals surface area contributed by atoms with Crippen LogP contribution in [0.1, 0.15) is 0 Å². The van der Waals surface area contributed by atoms with Crippen LogP contribution in [0.15, 0.2) is 46.9 Å². The van der Waals surface area contributed by atoms with E-state index in [0.717, 1.165) is 10.2 Å². The molecule has 2 rings (SSSR count). The summed E-state index contributed by atoms with van der Waals surface area (Å²) in [7, 11) is 0. The second-order valence-electron chi connectivity index (χ2n) is 4.04. The third kappa shape index (κ3) is 4.21. The molecule has 6 heteroatoms. The van der Waals surface area contributed by atoms with Crippen molar-refractivity contribution >= 4 is 44.8 Å². The van der Waals surface area contributed by atoms with Crippen LogP contribution in [0.25, 0.3) is 0 Å². The minimum Gasteiger partial charge on any atom is -0.376 e. The number of carbonyl (C=O) groups excluding carboxylic acids is 1. The maximum atomic E-state index is 12.7. The lowest BCUT2D eigenvalue weighted by molar-refractivity contribution is -0.114. The zero-order valence-electron chi connectivity index (χ0n) is 10.3. The minimum absolute atomic E-state index is 0.103. The molecule has 0 aliphatic heterocycles. The van der Waals surface area contributed by atoms with Crippen molar-refractivity contribution in [1.82, 2.24) is 0 Å². The van der Waals surface area contributed by atoms with Crippen molar-refractivity contribution in [1.29, 1.82) is 0 Å². The third-order valence-electron chi connectivity index (χ3n) is 2.50. The van der Waals surface area contributed by atoms with Gasteiger partial charge < -0.3 is 10.6 Å². The molecule has 2 N–H and O–H groups in total. The fourth-order valence-electron chi connectivity index (χ4n) is 1.53. The van der Waals surface area contributed by atoms with Gasteiger partial charge in [-0.2, -0.15) is 0 Å². The molecule has 0 aliphatic carbocycles. The lowest BCUT2D eigenvalue weighted by atomic mass is 10.3. The Hall–Kier alpha value is -1.59. The molecule has 0 atom stereocenters. The van der Waals surface area contributed by atoms with Crippen molar-refractivity contribution < 1.29 is 9.18 Å². The summed E-state index contributed by atoms with van der Waals surface area (Å²) in [5.74, 6) is -0.560. The number of nitrogens with one attached hydrogen (secondary N) is 2. The van der Waals surface area contributed by atoms with E-state index >= 15 is 0 Å². The predicted molar refractivity (Wildman–Crippen MR) is 82.7 cm³/mol. The average Bonchev–Trinajstić information content (AvgIpc) is 2.43. The second-order valence-corrected chi connectivity index (χ2v) is 5.30. The van der Waals surface area contributed by atoms with E-state index in [1.54, 1.807) is 18.2 Å². The van der Waals surface area contributed by atoms with Gasteiger partial charge in [0.25, 0.3) is 0 Å². The van der Waals surface area contributed by atoms with Gasteiger partial charge in [0.15, 0.2) is 0 Å². The van der Waals surface area contributed by atoms with Crippen molar-refractivity contribution in [2.45, 2.75) is 0 Å². The van der Waals surface area contributed by atoms with Gasteiger partial charge in [0.05, 0.1) is 11.6 Å². The fourth-order valence-corrected chi connectivity index (χ4v) is 2.02. The van der Waals surface area contributed by atoms with Crippen LogP contribution < -0.4 is 10.6 Å². The number of halogens is 3. The van der Waals surface area contributed by atoms with Crippen molar-refractivity contribution in [3.8, 4) is 0 Å². The van der Waals surface area contributed by atoms with Crippen LogP contribution in [0.3, 0.4) is 0 Å². The first-order valence-electron chi connectivity index (χ1n) is 5.79. The molecule has 20 heavy (non-hydrogen) atoms. The number of benzene rings is 2. The summed E-state index contributed by atoms with van der Waals surface area (Å²) in [6, 6.07) is 10.9. The topological polar surface area (TPSA) is 41.1 Å². The van der Waals surface area contributed by atoms with Gasteiger partial charge in [-0.25, -0.2) is 4.39 Å². The van der Waals surface area contributed by atoms with Crippen LogP contribution in [-0.4, -0.2) is 12.5 Å². The molecule has 0 heterocycles. The van der Waals surface area contributed by atoms with Gasteiger partial charge in [-0.1, -0.05) is 11.6 Å². The largest absolute Gasteiger partial charge is 0.376 e. The molecule has 0 radical (unpaired) electrons. The van der Waals surface area contributed by atoms with Crippen molar-refractivity contribution in [2.75, 3.05) is 17.2 Å². The first-order valence-corrected chi connectivity index (χ1v) is 6.96. The summed E-state index contributed by atoms with van der Waals surface area (Å²) < 4.78 is 13.5. The lowest BCUT2D eigenvalue weighted by Crippen LogP contribution is -2.21. The highest BCUT2D eigenvalue weighted by Crippen LogP contribution is 2.25. The molecule has 0 unspecified atom stereocenters. The Labute approximate surface area is 129 Å². The Bertz CT molecular complexity index is 619. The number of anilines is 2. The molecule has 104 valence electrons. The summed E-state index contributed by atoms with van der Waals surface area (Å²) in [6.45, 7) is 0.103. The van der Waals surface area contributed by atoms with Crippen molar-refractivity contribution in [3.05, 3.63) is 57.8 Å². The fraction of sp³-hybridized carbons (Fsp3) is 0.0714. The van der Waals surface area contributed by atoms with Crippen LogP contribution in [0.2, 0.25) is 5.02 Å². The normalized spacial score (nSPS) is 10.2. The first kappa shape index (κ1) is 14.8. The van der Waals surface area contributed by atoms with E-state index in [1.165, 1.54) is 24.3 Å². The van der Waals surface area contributed by atoms with E-state index in [9.17, 15) is 9.18 Å². The zero-order chi connectivity index (χ0) is 14.5. The standard InChI is InChI=1S/C14H11BrClFN2O/c15-12-7-11(5-6-13(12)16)18-8-14(20)19-10-3-1-9(17)2-4-10/h1-7,18H,8H2,(H,19,20). The highest BCUT2D eigenvalue weighted by Gasteiger charge is 2.04. The molecule has 3 nitrogen and oxygen atoms in total. The van der Waals surface area contributed by atoms with E-state index in [0.29, 0.717) is 10.7 Å². The number of amides is 1. The summed E-state index contributed by atoms with van der Waals surface area (Å²) in [6.07, 6.45) is 0. The van der Waals surface area contributed by atoms with Crippen LogP contribution in [0.5, 0.6) is 0 Å². The monoisotopic (exact) mass is 356 g/mol. The smallest absolute Gasteiger partial charge is 0.243 e. The summed E-state index contributed by atoms with van der Waals surface area (Å²) in [4.78, 5) is 11.7. The summed E-state index contributed by atoms with van der Waals surface area (Å²) >= 11 is 9.18. The Kier molecular flexibility index (Phi) is 4.98. The molecule has 0 aromatic heterocycles. The predicted octanol–water partition coefficient (Wildman–Crippen LogP) is 4.29. The minimum atomic E-state index is -0.341. The molecule has 0 saturated carbocycles. The second kappa shape index (κ2) is 6.72. The number of hydrogen-bond acceptors (Lipinski definition) is 2.